The van der Waals surface area contributed by atoms with E-state index in [-0.39, 0.29) is 10.4 Å². The molecule has 20 heavy (non-hydrogen) atoms. The van der Waals surface area contributed by atoms with Crippen LogP contribution in [-0.2, 0) is 14.3 Å². The maximum Gasteiger partial charge on any atom is 0.534 e. The fourth-order valence-electron chi connectivity index (χ4n) is 1.51. The van der Waals surface area contributed by atoms with Crippen molar-refractivity contribution in [2.45, 2.75) is 24.9 Å². The third-order valence-electron chi connectivity index (χ3n) is 2.51. The van der Waals surface area contributed by atoms with E-state index in [1.807, 2.05) is 0 Å². The Kier molecular flexibility index (Phi) is 3.21. The Labute approximate surface area is 116 Å². The van der Waals surface area contributed by atoms with E-state index >= 15 is 0 Å². The van der Waals surface area contributed by atoms with Crippen LogP contribution in [0.4, 0.5) is 13.2 Å². The highest BCUT2D eigenvalue weighted by Gasteiger charge is 2.50. The number of halogens is 3. The van der Waals surface area contributed by atoms with Crippen LogP contribution in [0.2, 0.25) is 0 Å². The number of carbonyl (C=O) groups excluding carboxylic acids is 1. The number of alkyl halides is 3. The van der Waals surface area contributed by atoms with Gasteiger partial charge in [-0.25, -0.2) is 4.99 Å². The van der Waals surface area contributed by atoms with Gasteiger partial charge in [0.15, 0.2) is 0 Å². The van der Waals surface area contributed by atoms with Gasteiger partial charge in [-0.05, 0) is 25.3 Å². The van der Waals surface area contributed by atoms with Crippen molar-refractivity contribution in [2.24, 2.45) is 4.99 Å². The molecule has 10 heteroatoms. The summed E-state index contributed by atoms with van der Waals surface area (Å²) in [5, 5.41) is 1.45. The Morgan fingerprint density at radius 1 is 1.35 bits per heavy atom. The summed E-state index contributed by atoms with van der Waals surface area (Å²) in [6.07, 6.45) is 0. The van der Waals surface area contributed by atoms with Gasteiger partial charge in [0.05, 0.1) is 10.4 Å². The van der Waals surface area contributed by atoms with Gasteiger partial charge in [0, 0.05) is 0 Å². The molecule has 0 amide bonds. The van der Waals surface area contributed by atoms with E-state index in [4.69, 9.17) is 0 Å². The van der Waals surface area contributed by atoms with Gasteiger partial charge in [-0.2, -0.15) is 21.6 Å². The van der Waals surface area contributed by atoms with Crippen LogP contribution >= 0.6 is 11.3 Å². The minimum atomic E-state index is -5.82. The molecular weight excluding hydrogens is 319 g/mol. The number of ketones is 1. The lowest BCUT2D eigenvalue weighted by atomic mass is 9.94. The van der Waals surface area contributed by atoms with Crippen molar-refractivity contribution >= 4 is 33.1 Å². The van der Waals surface area contributed by atoms with Crippen LogP contribution in [0.5, 0.6) is 0 Å². The van der Waals surface area contributed by atoms with Crippen LogP contribution in [0.3, 0.4) is 0 Å². The lowest BCUT2D eigenvalue weighted by molar-refractivity contribution is -0.0504. The normalized spacial score (nSPS) is 18.4. The predicted molar refractivity (Wildman–Crippen MR) is 65.3 cm³/mol. The molecule has 0 fully saturated rings. The topological polar surface area (TPSA) is 72.8 Å². The first-order valence-corrected chi connectivity index (χ1v) is 7.48. The monoisotopic (exact) mass is 327 g/mol. The summed E-state index contributed by atoms with van der Waals surface area (Å²) in [4.78, 5) is 15.8. The average molecular weight is 327 g/mol. The third-order valence-corrected chi connectivity index (χ3v) is 4.37. The Morgan fingerprint density at radius 3 is 2.50 bits per heavy atom. The molecule has 1 aromatic rings. The summed E-state index contributed by atoms with van der Waals surface area (Å²) in [6.45, 7) is 2.73. The SMILES string of the molecule is CC1(C)N=C(OS(=O)(=O)C(F)(F)F)c2ccsc2C1=O. The number of hydrogen-bond donors (Lipinski definition) is 0. The van der Waals surface area contributed by atoms with Crippen molar-refractivity contribution in [3.63, 3.8) is 0 Å². The van der Waals surface area contributed by atoms with Gasteiger partial charge < -0.3 is 4.18 Å². The fourth-order valence-corrected chi connectivity index (χ4v) is 2.92. The van der Waals surface area contributed by atoms with Gasteiger partial charge in [-0.15, -0.1) is 11.3 Å². The summed E-state index contributed by atoms with van der Waals surface area (Å²) in [5.74, 6) is -1.12. The summed E-state index contributed by atoms with van der Waals surface area (Å²) in [7, 11) is -5.82. The molecule has 0 N–H and O–H groups in total. The average Bonchev–Trinajstić information content (AvgIpc) is 2.72. The molecular formula is C10H8F3NO4S2. The van der Waals surface area contributed by atoms with Gasteiger partial charge in [0.2, 0.25) is 11.7 Å². The largest absolute Gasteiger partial charge is 0.534 e. The highest BCUT2D eigenvalue weighted by Crippen LogP contribution is 2.33. The second kappa shape index (κ2) is 4.29. The third kappa shape index (κ3) is 2.33. The zero-order valence-electron chi connectivity index (χ0n) is 10.2. The number of nitrogens with zero attached hydrogens (tertiary/aromatic N) is 1. The highest BCUT2D eigenvalue weighted by atomic mass is 32.2. The molecule has 0 aliphatic carbocycles. The van der Waals surface area contributed by atoms with E-state index in [1.165, 1.54) is 25.3 Å². The van der Waals surface area contributed by atoms with Gasteiger partial charge in [-0.1, -0.05) is 0 Å². The second-order valence-electron chi connectivity index (χ2n) is 4.45. The van der Waals surface area contributed by atoms with Crippen LogP contribution in [0, 0.1) is 0 Å². The van der Waals surface area contributed by atoms with E-state index in [1.54, 1.807) is 0 Å². The van der Waals surface area contributed by atoms with Crippen molar-refractivity contribution in [3.05, 3.63) is 21.9 Å². The maximum atomic E-state index is 12.3. The predicted octanol–water partition coefficient (Wildman–Crippen LogP) is 2.34. The first-order valence-electron chi connectivity index (χ1n) is 5.19. The number of hydrogen-bond acceptors (Lipinski definition) is 6. The van der Waals surface area contributed by atoms with E-state index < -0.39 is 32.8 Å². The summed E-state index contributed by atoms with van der Waals surface area (Å²) < 4.78 is 63.1. The van der Waals surface area contributed by atoms with Gasteiger partial charge in [-0.3, -0.25) is 4.79 Å². The zero-order valence-corrected chi connectivity index (χ0v) is 11.8. The maximum absolute atomic E-state index is 12.3. The first kappa shape index (κ1) is 15.0. The van der Waals surface area contributed by atoms with Crippen molar-refractivity contribution in [1.29, 1.82) is 0 Å². The Balaban J connectivity index is 2.51. The molecule has 0 saturated heterocycles. The molecule has 2 heterocycles. The van der Waals surface area contributed by atoms with E-state index in [0.717, 1.165) is 11.3 Å². The number of carbonyl (C=O) groups is 1. The van der Waals surface area contributed by atoms with Crippen LogP contribution in [0.15, 0.2) is 16.4 Å². The standard InChI is InChI=1S/C10H8F3NO4S2/c1-9(2)7(15)6-5(3-4-19-6)8(14-9)18-20(16,17)10(11,12)13/h3-4H,1-2H3. The highest BCUT2D eigenvalue weighted by molar-refractivity contribution is 7.88. The molecule has 0 saturated carbocycles. The number of fused-ring (bicyclic) bond motifs is 1. The van der Waals surface area contributed by atoms with E-state index in [2.05, 4.69) is 9.18 Å². The number of Topliss-reactive ketones (excluding diaryl/α,β-unsaturated/α-hetero) is 1. The molecule has 2 rings (SSSR count). The minimum Gasteiger partial charge on any atom is -0.355 e. The molecule has 110 valence electrons. The van der Waals surface area contributed by atoms with Gasteiger partial charge in [0.25, 0.3) is 0 Å². The molecule has 1 aliphatic rings. The molecule has 5 nitrogen and oxygen atoms in total. The molecule has 0 atom stereocenters. The van der Waals surface area contributed by atoms with E-state index in [0.29, 0.717) is 0 Å². The smallest absolute Gasteiger partial charge is 0.355 e. The van der Waals surface area contributed by atoms with Gasteiger partial charge in [0.1, 0.15) is 5.54 Å². The molecule has 1 aliphatic heterocycles. The number of thiophene rings is 1. The quantitative estimate of drug-likeness (QED) is 0.586. The van der Waals surface area contributed by atoms with E-state index in [9.17, 15) is 26.4 Å². The van der Waals surface area contributed by atoms with Crippen molar-refractivity contribution in [3.8, 4) is 0 Å². The Morgan fingerprint density at radius 2 is 1.95 bits per heavy atom. The summed E-state index contributed by atoms with van der Waals surface area (Å²) in [5.41, 5.74) is -6.99. The second-order valence-corrected chi connectivity index (χ2v) is 6.91. The fraction of sp³-hybridized carbons (Fsp3) is 0.400. The lowest BCUT2D eigenvalue weighted by Gasteiger charge is -2.24. The molecule has 0 bridgehead atoms. The number of aliphatic imine (C=N–C) groups is 1. The Bertz CT molecular complexity index is 700. The number of rotatable bonds is 1. The van der Waals surface area contributed by atoms with Crippen LogP contribution < -0.4 is 0 Å². The van der Waals surface area contributed by atoms with Crippen LogP contribution in [-0.4, -0.2) is 31.1 Å². The molecule has 0 aromatic carbocycles. The lowest BCUT2D eigenvalue weighted by Crippen LogP contribution is -2.38. The zero-order chi connectivity index (χ0) is 15.3. The minimum absolute atomic E-state index is 0.0489. The summed E-state index contributed by atoms with van der Waals surface area (Å²) in [6, 6.07) is 1.29. The molecule has 0 radical (unpaired) electrons. The molecule has 0 unspecified atom stereocenters. The van der Waals surface area contributed by atoms with Crippen molar-refractivity contribution < 1.29 is 30.6 Å². The first-order chi connectivity index (χ1) is 8.96. The molecule has 0 spiro atoms. The van der Waals surface area contributed by atoms with Crippen LogP contribution in [0.25, 0.3) is 0 Å². The summed E-state index contributed by atoms with van der Waals surface area (Å²) >= 11 is 0.987. The van der Waals surface area contributed by atoms with Crippen molar-refractivity contribution in [2.75, 3.05) is 0 Å². The van der Waals surface area contributed by atoms with Crippen molar-refractivity contribution in [1.82, 2.24) is 0 Å². The van der Waals surface area contributed by atoms with Gasteiger partial charge >= 0.3 is 15.6 Å². The van der Waals surface area contributed by atoms with Crippen LogP contribution in [0.1, 0.15) is 29.1 Å². The molecule has 1 aromatic heterocycles. The Hall–Kier alpha value is -1.42.